The highest BCUT2D eigenvalue weighted by Gasteiger charge is 2.00. The van der Waals surface area contributed by atoms with E-state index in [1.54, 1.807) is 18.3 Å². The smallest absolute Gasteiger partial charge is 0.117 e. The zero-order valence-corrected chi connectivity index (χ0v) is 6.92. The summed E-state index contributed by atoms with van der Waals surface area (Å²) in [5.41, 5.74) is 0.719. The third-order valence-corrected chi connectivity index (χ3v) is 1.93. The molecule has 60 valence electrons. The van der Waals surface area contributed by atoms with Gasteiger partial charge in [-0.15, -0.1) is 0 Å². The van der Waals surface area contributed by atoms with E-state index in [0.717, 1.165) is 10.9 Å². The quantitative estimate of drug-likeness (QED) is 0.675. The third-order valence-electron chi connectivity index (χ3n) is 1.64. The Balaban J connectivity index is 2.89. The predicted molar refractivity (Wildman–Crippen MR) is 48.4 cm³/mol. The lowest BCUT2D eigenvalue weighted by Gasteiger charge is -1.99. The summed E-state index contributed by atoms with van der Waals surface area (Å²) in [6.07, 6.45) is 1.67. The standard InChI is InChI=1S/C9H6ClNO/c10-8-5-7(12)4-6-2-1-3-11-9(6)8/h1-5,12H. The summed E-state index contributed by atoms with van der Waals surface area (Å²) in [5, 5.41) is 10.5. The van der Waals surface area contributed by atoms with E-state index in [1.807, 2.05) is 6.07 Å². The van der Waals surface area contributed by atoms with Gasteiger partial charge in [0.1, 0.15) is 5.75 Å². The number of benzene rings is 1. The van der Waals surface area contributed by atoms with Crippen molar-refractivity contribution in [2.45, 2.75) is 0 Å². The van der Waals surface area contributed by atoms with Gasteiger partial charge in [0, 0.05) is 17.6 Å². The van der Waals surface area contributed by atoms with Crippen molar-refractivity contribution in [2.75, 3.05) is 0 Å². The number of nitrogens with zero attached hydrogens (tertiary/aromatic N) is 1. The summed E-state index contributed by atoms with van der Waals surface area (Å²) in [6, 6.07) is 6.77. The van der Waals surface area contributed by atoms with Crippen molar-refractivity contribution in [3.8, 4) is 5.75 Å². The van der Waals surface area contributed by atoms with Crippen LogP contribution in [0.4, 0.5) is 0 Å². The van der Waals surface area contributed by atoms with Crippen LogP contribution >= 0.6 is 11.6 Å². The molecule has 0 aliphatic rings. The van der Waals surface area contributed by atoms with Crippen LogP contribution in [0.1, 0.15) is 0 Å². The molecule has 0 bridgehead atoms. The third kappa shape index (κ3) is 1.10. The molecule has 2 aromatic rings. The first kappa shape index (κ1) is 7.37. The fraction of sp³-hybridized carbons (Fsp3) is 0. The van der Waals surface area contributed by atoms with Crippen LogP contribution in [0.2, 0.25) is 5.02 Å². The van der Waals surface area contributed by atoms with Crippen LogP contribution in [0.3, 0.4) is 0 Å². The molecule has 2 nitrogen and oxygen atoms in total. The van der Waals surface area contributed by atoms with Crippen LogP contribution in [-0.2, 0) is 0 Å². The summed E-state index contributed by atoms with van der Waals surface area (Å²) < 4.78 is 0. The van der Waals surface area contributed by atoms with E-state index in [4.69, 9.17) is 11.6 Å². The van der Waals surface area contributed by atoms with E-state index in [2.05, 4.69) is 4.98 Å². The number of aromatic nitrogens is 1. The van der Waals surface area contributed by atoms with Crippen LogP contribution in [-0.4, -0.2) is 10.1 Å². The van der Waals surface area contributed by atoms with Crippen molar-refractivity contribution in [1.82, 2.24) is 4.98 Å². The second-order valence-electron chi connectivity index (χ2n) is 2.50. The van der Waals surface area contributed by atoms with E-state index in [-0.39, 0.29) is 5.75 Å². The van der Waals surface area contributed by atoms with Crippen molar-refractivity contribution < 1.29 is 5.11 Å². The largest absolute Gasteiger partial charge is 0.508 e. The van der Waals surface area contributed by atoms with Gasteiger partial charge < -0.3 is 5.11 Å². The zero-order valence-electron chi connectivity index (χ0n) is 6.16. The molecule has 0 aliphatic heterocycles. The average Bonchev–Trinajstić information content (AvgIpc) is 2.04. The molecule has 1 aromatic heterocycles. The van der Waals surface area contributed by atoms with Gasteiger partial charge in [-0.2, -0.15) is 0 Å². The van der Waals surface area contributed by atoms with Gasteiger partial charge in [-0.25, -0.2) is 0 Å². The summed E-state index contributed by atoms with van der Waals surface area (Å²) in [5.74, 6) is 0.167. The molecule has 0 amide bonds. The van der Waals surface area contributed by atoms with Crippen molar-refractivity contribution in [3.05, 3.63) is 35.5 Å². The van der Waals surface area contributed by atoms with Crippen molar-refractivity contribution in [3.63, 3.8) is 0 Å². The molecule has 0 saturated carbocycles. The molecule has 0 radical (unpaired) electrons. The molecule has 1 N–H and O–H groups in total. The summed E-state index contributed by atoms with van der Waals surface area (Å²) in [7, 11) is 0. The molecule has 12 heavy (non-hydrogen) atoms. The maximum absolute atomic E-state index is 9.20. The second-order valence-corrected chi connectivity index (χ2v) is 2.91. The van der Waals surface area contributed by atoms with Crippen LogP contribution in [0.5, 0.6) is 5.75 Å². The van der Waals surface area contributed by atoms with Gasteiger partial charge in [-0.1, -0.05) is 17.7 Å². The predicted octanol–water partition coefficient (Wildman–Crippen LogP) is 2.59. The molecular formula is C9H6ClNO. The van der Waals surface area contributed by atoms with Gasteiger partial charge in [0.25, 0.3) is 0 Å². The first-order valence-corrected chi connectivity index (χ1v) is 3.88. The SMILES string of the molecule is Oc1cc(Cl)c2ncccc2c1. The molecule has 0 fully saturated rings. The lowest BCUT2D eigenvalue weighted by Crippen LogP contribution is -1.78. The fourth-order valence-corrected chi connectivity index (χ4v) is 1.40. The minimum atomic E-state index is 0.167. The average molecular weight is 180 g/mol. The summed E-state index contributed by atoms with van der Waals surface area (Å²) in [4.78, 5) is 4.08. The molecule has 0 aliphatic carbocycles. The topological polar surface area (TPSA) is 33.1 Å². The van der Waals surface area contributed by atoms with Crippen molar-refractivity contribution >= 4 is 22.5 Å². The molecule has 0 spiro atoms. The molecule has 0 atom stereocenters. The Kier molecular flexibility index (Phi) is 1.62. The minimum absolute atomic E-state index is 0.167. The second kappa shape index (κ2) is 2.64. The normalized spacial score (nSPS) is 10.4. The number of pyridine rings is 1. The molecule has 3 heteroatoms. The lowest BCUT2D eigenvalue weighted by molar-refractivity contribution is 0.476. The molecule has 1 heterocycles. The molecule has 2 rings (SSSR count). The molecule has 0 saturated heterocycles. The maximum atomic E-state index is 9.20. The first-order valence-electron chi connectivity index (χ1n) is 3.50. The number of phenolic OH excluding ortho intramolecular Hbond substituents is 1. The van der Waals surface area contributed by atoms with Crippen molar-refractivity contribution in [1.29, 1.82) is 0 Å². The lowest BCUT2D eigenvalue weighted by atomic mass is 10.2. The van der Waals surface area contributed by atoms with Crippen LogP contribution in [0.15, 0.2) is 30.5 Å². The number of rotatable bonds is 0. The van der Waals surface area contributed by atoms with E-state index >= 15 is 0 Å². The maximum Gasteiger partial charge on any atom is 0.117 e. The first-order chi connectivity index (χ1) is 5.77. The number of hydrogen-bond acceptors (Lipinski definition) is 2. The number of aromatic hydroxyl groups is 1. The zero-order chi connectivity index (χ0) is 8.55. The molecule has 0 unspecified atom stereocenters. The van der Waals surface area contributed by atoms with Gasteiger partial charge in [0.15, 0.2) is 0 Å². The fourth-order valence-electron chi connectivity index (χ4n) is 1.13. The Bertz CT molecular complexity index is 428. The highest BCUT2D eigenvalue weighted by atomic mass is 35.5. The van der Waals surface area contributed by atoms with Crippen molar-refractivity contribution in [2.24, 2.45) is 0 Å². The van der Waals surface area contributed by atoms with Crippen LogP contribution in [0.25, 0.3) is 10.9 Å². The van der Waals surface area contributed by atoms with Crippen LogP contribution < -0.4 is 0 Å². The van der Waals surface area contributed by atoms with Gasteiger partial charge in [0.2, 0.25) is 0 Å². The van der Waals surface area contributed by atoms with Gasteiger partial charge >= 0.3 is 0 Å². The monoisotopic (exact) mass is 179 g/mol. The van der Waals surface area contributed by atoms with E-state index in [9.17, 15) is 5.11 Å². The van der Waals surface area contributed by atoms with Gasteiger partial charge in [-0.3, -0.25) is 4.98 Å². The highest BCUT2D eigenvalue weighted by Crippen LogP contribution is 2.26. The Hall–Kier alpha value is -1.28. The minimum Gasteiger partial charge on any atom is -0.508 e. The summed E-state index contributed by atoms with van der Waals surface area (Å²) >= 11 is 5.84. The Labute approximate surface area is 74.4 Å². The number of halogens is 1. The molecule has 1 aromatic carbocycles. The van der Waals surface area contributed by atoms with E-state index in [1.165, 1.54) is 6.07 Å². The number of hydrogen-bond donors (Lipinski definition) is 1. The van der Waals surface area contributed by atoms with E-state index < -0.39 is 0 Å². The van der Waals surface area contributed by atoms with E-state index in [0.29, 0.717) is 5.02 Å². The highest BCUT2D eigenvalue weighted by molar-refractivity contribution is 6.35. The Morgan fingerprint density at radius 1 is 1.33 bits per heavy atom. The molecular weight excluding hydrogens is 174 g/mol. The van der Waals surface area contributed by atoms with Crippen LogP contribution in [0, 0.1) is 0 Å². The number of fused-ring (bicyclic) bond motifs is 1. The Morgan fingerprint density at radius 3 is 3.00 bits per heavy atom. The van der Waals surface area contributed by atoms with Gasteiger partial charge in [-0.05, 0) is 12.1 Å². The Morgan fingerprint density at radius 2 is 2.17 bits per heavy atom. The van der Waals surface area contributed by atoms with Gasteiger partial charge in [0.05, 0.1) is 10.5 Å². The number of phenols is 1. The summed E-state index contributed by atoms with van der Waals surface area (Å²) in [6.45, 7) is 0.